The number of carbonyl (C=O) groups is 1. The Labute approximate surface area is 130 Å². The molecule has 0 unspecified atom stereocenters. The second-order valence-electron chi connectivity index (χ2n) is 6.69. The highest BCUT2D eigenvalue weighted by atomic mass is 35.5. The molecule has 1 aliphatic rings. The van der Waals surface area contributed by atoms with Gasteiger partial charge in [-0.2, -0.15) is 5.26 Å². The molecule has 0 aromatic heterocycles. The fraction of sp³-hybridized carbons (Fsp3) is 0.500. The Kier molecular flexibility index (Phi) is 4.43. The summed E-state index contributed by atoms with van der Waals surface area (Å²) in [5.41, 5.74) is 1.40. The van der Waals surface area contributed by atoms with Crippen LogP contribution < -0.4 is 5.32 Å². The molecule has 1 fully saturated rings. The molecule has 1 saturated heterocycles. The zero-order chi connectivity index (χ0) is 15.6. The minimum atomic E-state index is 0.0869. The van der Waals surface area contributed by atoms with Crippen molar-refractivity contribution in [3.8, 4) is 6.07 Å². The Morgan fingerprint density at radius 2 is 2.19 bits per heavy atom. The number of carbonyl (C=O) groups excluding carboxylic acids is 1. The number of halogens is 1. The molecule has 5 heteroatoms. The average Bonchev–Trinajstić information content (AvgIpc) is 2.67. The van der Waals surface area contributed by atoms with Crippen molar-refractivity contribution in [3.05, 3.63) is 28.8 Å². The second-order valence-corrected chi connectivity index (χ2v) is 7.09. The zero-order valence-corrected chi connectivity index (χ0v) is 13.4. The van der Waals surface area contributed by atoms with Gasteiger partial charge in [0.15, 0.2) is 0 Å². The maximum atomic E-state index is 12.0. The van der Waals surface area contributed by atoms with Gasteiger partial charge in [-0.1, -0.05) is 32.4 Å². The molecular formula is C16H20ClN3O. The SMILES string of the molecule is CC(C)(C)CN1C[C@@H](Nc2ccc(C#N)c(Cl)c2)CC1=O. The fourth-order valence-corrected chi connectivity index (χ4v) is 2.75. The van der Waals surface area contributed by atoms with Crippen LogP contribution in [-0.2, 0) is 4.79 Å². The smallest absolute Gasteiger partial charge is 0.224 e. The molecule has 4 nitrogen and oxygen atoms in total. The molecule has 1 N–H and O–H groups in total. The largest absolute Gasteiger partial charge is 0.380 e. The van der Waals surface area contributed by atoms with Crippen molar-refractivity contribution in [2.45, 2.75) is 33.2 Å². The van der Waals surface area contributed by atoms with Crippen LogP contribution in [0.3, 0.4) is 0 Å². The number of hydrogen-bond donors (Lipinski definition) is 1. The molecule has 2 rings (SSSR count). The van der Waals surface area contributed by atoms with Gasteiger partial charge in [-0.25, -0.2) is 0 Å². The van der Waals surface area contributed by atoms with E-state index in [0.29, 0.717) is 23.6 Å². The molecule has 0 radical (unpaired) electrons. The van der Waals surface area contributed by atoms with E-state index >= 15 is 0 Å². The highest BCUT2D eigenvalue weighted by Gasteiger charge is 2.31. The van der Waals surface area contributed by atoms with Gasteiger partial charge in [0, 0.05) is 25.2 Å². The summed E-state index contributed by atoms with van der Waals surface area (Å²) in [5, 5.41) is 12.6. The third-order valence-corrected chi connectivity index (χ3v) is 3.65. The first-order valence-electron chi connectivity index (χ1n) is 7.02. The number of nitrogens with zero attached hydrogens (tertiary/aromatic N) is 2. The van der Waals surface area contributed by atoms with Gasteiger partial charge in [0.2, 0.25) is 5.91 Å². The van der Waals surface area contributed by atoms with E-state index in [-0.39, 0.29) is 17.4 Å². The molecule has 1 atom stereocenters. The molecule has 1 aromatic rings. The quantitative estimate of drug-likeness (QED) is 0.932. The summed E-state index contributed by atoms with van der Waals surface area (Å²) < 4.78 is 0. The number of nitrogens with one attached hydrogen (secondary N) is 1. The van der Waals surface area contributed by atoms with E-state index in [2.05, 4.69) is 26.1 Å². The first-order chi connectivity index (χ1) is 9.78. The lowest BCUT2D eigenvalue weighted by atomic mass is 9.96. The Bertz CT molecular complexity index is 586. The maximum Gasteiger partial charge on any atom is 0.224 e. The summed E-state index contributed by atoms with van der Waals surface area (Å²) in [4.78, 5) is 13.9. The van der Waals surface area contributed by atoms with Gasteiger partial charge in [-0.3, -0.25) is 4.79 Å². The Morgan fingerprint density at radius 3 is 2.76 bits per heavy atom. The molecule has 112 valence electrons. The highest BCUT2D eigenvalue weighted by Crippen LogP contribution is 2.24. The number of hydrogen-bond acceptors (Lipinski definition) is 3. The molecule has 0 aliphatic carbocycles. The molecule has 1 heterocycles. The van der Waals surface area contributed by atoms with E-state index in [4.69, 9.17) is 16.9 Å². The number of likely N-dealkylation sites (tertiary alicyclic amines) is 1. The summed E-state index contributed by atoms with van der Waals surface area (Å²) in [6.45, 7) is 7.84. The zero-order valence-electron chi connectivity index (χ0n) is 12.6. The molecule has 1 aromatic carbocycles. The topological polar surface area (TPSA) is 56.1 Å². The van der Waals surface area contributed by atoms with Crippen LogP contribution in [0.15, 0.2) is 18.2 Å². The lowest BCUT2D eigenvalue weighted by Crippen LogP contribution is -2.35. The van der Waals surface area contributed by atoms with Crippen molar-refractivity contribution in [2.24, 2.45) is 5.41 Å². The lowest BCUT2D eigenvalue weighted by Gasteiger charge is -2.26. The summed E-state index contributed by atoms with van der Waals surface area (Å²) in [6, 6.07) is 7.36. The predicted octanol–water partition coefficient (Wildman–Crippen LogP) is 3.27. The first-order valence-corrected chi connectivity index (χ1v) is 7.40. The standard InChI is InChI=1S/C16H20ClN3O/c1-16(2,3)10-20-9-13(7-15(20)21)19-12-5-4-11(8-18)14(17)6-12/h4-6,13,19H,7,9-10H2,1-3H3/t13-/m0/s1. The molecule has 0 saturated carbocycles. The lowest BCUT2D eigenvalue weighted by molar-refractivity contribution is -0.128. The van der Waals surface area contributed by atoms with Crippen molar-refractivity contribution in [1.29, 1.82) is 5.26 Å². The summed E-state index contributed by atoms with van der Waals surface area (Å²) in [7, 11) is 0. The van der Waals surface area contributed by atoms with Crippen molar-refractivity contribution in [3.63, 3.8) is 0 Å². The Balaban J connectivity index is 2.01. The van der Waals surface area contributed by atoms with Gasteiger partial charge in [-0.15, -0.1) is 0 Å². The van der Waals surface area contributed by atoms with Gasteiger partial charge in [0.1, 0.15) is 6.07 Å². The van der Waals surface area contributed by atoms with Gasteiger partial charge in [0.05, 0.1) is 16.6 Å². The van der Waals surface area contributed by atoms with E-state index in [1.807, 2.05) is 17.0 Å². The number of anilines is 1. The molecule has 1 amide bonds. The molecule has 1 aliphatic heterocycles. The van der Waals surface area contributed by atoms with E-state index in [9.17, 15) is 4.79 Å². The van der Waals surface area contributed by atoms with Crippen LogP contribution in [-0.4, -0.2) is 29.9 Å². The number of nitriles is 1. The first kappa shape index (κ1) is 15.7. The van der Waals surface area contributed by atoms with Gasteiger partial charge < -0.3 is 10.2 Å². The fourth-order valence-electron chi connectivity index (χ4n) is 2.53. The van der Waals surface area contributed by atoms with Crippen LogP contribution in [0, 0.1) is 16.7 Å². The third kappa shape index (κ3) is 4.12. The predicted molar refractivity (Wildman–Crippen MR) is 84.2 cm³/mol. The number of benzene rings is 1. The molecule has 21 heavy (non-hydrogen) atoms. The Hall–Kier alpha value is -1.73. The van der Waals surface area contributed by atoms with E-state index in [0.717, 1.165) is 12.2 Å². The minimum Gasteiger partial charge on any atom is -0.380 e. The van der Waals surface area contributed by atoms with Crippen LogP contribution in [0.1, 0.15) is 32.8 Å². The van der Waals surface area contributed by atoms with Crippen LogP contribution in [0.5, 0.6) is 0 Å². The van der Waals surface area contributed by atoms with Gasteiger partial charge >= 0.3 is 0 Å². The average molecular weight is 306 g/mol. The minimum absolute atomic E-state index is 0.0869. The van der Waals surface area contributed by atoms with Gasteiger partial charge in [-0.05, 0) is 23.6 Å². The maximum absolute atomic E-state index is 12.0. The third-order valence-electron chi connectivity index (χ3n) is 3.34. The molecule has 0 bridgehead atoms. The monoisotopic (exact) mass is 305 g/mol. The Morgan fingerprint density at radius 1 is 1.48 bits per heavy atom. The molecule has 0 spiro atoms. The van der Waals surface area contributed by atoms with Crippen LogP contribution in [0.25, 0.3) is 0 Å². The van der Waals surface area contributed by atoms with Crippen molar-refractivity contribution in [2.75, 3.05) is 18.4 Å². The van der Waals surface area contributed by atoms with Crippen molar-refractivity contribution in [1.82, 2.24) is 4.90 Å². The second kappa shape index (κ2) is 5.95. The summed E-state index contributed by atoms with van der Waals surface area (Å²) in [6.07, 6.45) is 0.494. The highest BCUT2D eigenvalue weighted by molar-refractivity contribution is 6.32. The van der Waals surface area contributed by atoms with Crippen molar-refractivity contribution >= 4 is 23.2 Å². The van der Waals surface area contributed by atoms with E-state index < -0.39 is 0 Å². The van der Waals surface area contributed by atoms with Crippen LogP contribution >= 0.6 is 11.6 Å². The number of rotatable bonds is 3. The normalized spacial score (nSPS) is 18.7. The van der Waals surface area contributed by atoms with Gasteiger partial charge in [0.25, 0.3) is 0 Å². The summed E-state index contributed by atoms with van der Waals surface area (Å²) in [5.74, 6) is 0.183. The van der Waals surface area contributed by atoms with E-state index in [1.54, 1.807) is 12.1 Å². The molecular weight excluding hydrogens is 286 g/mol. The summed E-state index contributed by atoms with van der Waals surface area (Å²) >= 11 is 6.02. The van der Waals surface area contributed by atoms with Crippen LogP contribution in [0.2, 0.25) is 5.02 Å². The number of amides is 1. The van der Waals surface area contributed by atoms with E-state index in [1.165, 1.54) is 0 Å². The van der Waals surface area contributed by atoms with Crippen LogP contribution in [0.4, 0.5) is 5.69 Å². The van der Waals surface area contributed by atoms with Crippen molar-refractivity contribution < 1.29 is 4.79 Å².